The number of rotatable bonds is 2. The number of hydrogen-bond donors (Lipinski definition) is 0. The molecular formula is C17H21NO4. The quantitative estimate of drug-likeness (QED) is 0.784. The lowest BCUT2D eigenvalue weighted by atomic mass is 10.0. The lowest BCUT2D eigenvalue weighted by Crippen LogP contribution is -2.43. The van der Waals surface area contributed by atoms with Gasteiger partial charge in [0.05, 0.1) is 5.56 Å². The van der Waals surface area contributed by atoms with Crippen molar-refractivity contribution in [3.8, 4) is 11.5 Å². The van der Waals surface area contributed by atoms with Gasteiger partial charge in [0.25, 0.3) is 0 Å². The van der Waals surface area contributed by atoms with E-state index in [1.807, 2.05) is 0 Å². The molecule has 3 atom stereocenters. The summed E-state index contributed by atoms with van der Waals surface area (Å²) in [7, 11) is 2.18. The van der Waals surface area contributed by atoms with E-state index in [0.717, 1.165) is 12.8 Å². The Morgan fingerprint density at radius 3 is 2.55 bits per heavy atom. The molecule has 2 bridgehead atoms. The van der Waals surface area contributed by atoms with E-state index in [1.54, 1.807) is 18.2 Å². The number of carbonyl (C=O) groups excluding carboxylic acids is 1. The van der Waals surface area contributed by atoms with Crippen LogP contribution in [0.4, 0.5) is 0 Å². The molecule has 0 N–H and O–H groups in total. The first kappa shape index (κ1) is 13.9. The molecule has 22 heavy (non-hydrogen) atoms. The molecule has 3 aliphatic heterocycles. The van der Waals surface area contributed by atoms with Gasteiger partial charge in [-0.25, -0.2) is 4.79 Å². The molecule has 4 rings (SSSR count). The van der Waals surface area contributed by atoms with E-state index >= 15 is 0 Å². The van der Waals surface area contributed by atoms with Gasteiger partial charge in [-0.2, -0.15) is 0 Å². The number of nitrogens with zero attached hydrogens (tertiary/aromatic N) is 1. The fourth-order valence-electron chi connectivity index (χ4n) is 3.85. The van der Waals surface area contributed by atoms with Crippen LogP contribution in [0, 0.1) is 0 Å². The first-order valence-electron chi connectivity index (χ1n) is 8.03. The Kier molecular flexibility index (Phi) is 3.45. The summed E-state index contributed by atoms with van der Waals surface area (Å²) >= 11 is 0. The van der Waals surface area contributed by atoms with Crippen molar-refractivity contribution in [3.05, 3.63) is 23.8 Å². The van der Waals surface area contributed by atoms with Crippen molar-refractivity contribution in [1.82, 2.24) is 4.90 Å². The maximum atomic E-state index is 12.4. The Bertz CT molecular complexity index is 574. The van der Waals surface area contributed by atoms with E-state index in [4.69, 9.17) is 14.2 Å². The van der Waals surface area contributed by atoms with Crippen molar-refractivity contribution >= 4 is 5.97 Å². The van der Waals surface area contributed by atoms with Crippen LogP contribution in [0.2, 0.25) is 0 Å². The van der Waals surface area contributed by atoms with Crippen LogP contribution in [0.3, 0.4) is 0 Å². The zero-order chi connectivity index (χ0) is 15.1. The molecule has 5 nitrogen and oxygen atoms in total. The first-order chi connectivity index (χ1) is 10.7. The molecule has 1 aromatic carbocycles. The van der Waals surface area contributed by atoms with Gasteiger partial charge in [0, 0.05) is 24.9 Å². The van der Waals surface area contributed by atoms with Crippen LogP contribution in [0.5, 0.6) is 11.5 Å². The highest BCUT2D eigenvalue weighted by atomic mass is 16.6. The van der Waals surface area contributed by atoms with Crippen LogP contribution in [-0.2, 0) is 4.74 Å². The van der Waals surface area contributed by atoms with Crippen molar-refractivity contribution < 1.29 is 19.0 Å². The van der Waals surface area contributed by atoms with E-state index in [1.165, 1.54) is 12.8 Å². The lowest BCUT2D eigenvalue weighted by Gasteiger charge is -2.35. The number of carbonyl (C=O) groups is 1. The van der Waals surface area contributed by atoms with E-state index < -0.39 is 0 Å². The second-order valence-corrected chi connectivity index (χ2v) is 6.41. The molecule has 1 unspecified atom stereocenters. The van der Waals surface area contributed by atoms with Gasteiger partial charge < -0.3 is 19.1 Å². The zero-order valence-electron chi connectivity index (χ0n) is 12.8. The monoisotopic (exact) mass is 303 g/mol. The highest BCUT2D eigenvalue weighted by molar-refractivity contribution is 5.90. The van der Waals surface area contributed by atoms with E-state index in [9.17, 15) is 4.79 Å². The van der Waals surface area contributed by atoms with Crippen LogP contribution in [0.25, 0.3) is 0 Å². The molecule has 0 aliphatic carbocycles. The third-order valence-corrected chi connectivity index (χ3v) is 5.11. The number of benzene rings is 1. The van der Waals surface area contributed by atoms with Crippen LogP contribution in [0.1, 0.15) is 36.0 Å². The SMILES string of the molecule is CN1[C@@H]2CC[C@H]1CC(OC(=O)c1ccc3c(c1)OCCO3)C2. The number of ether oxygens (including phenoxy) is 3. The molecule has 0 aromatic heterocycles. The molecular weight excluding hydrogens is 282 g/mol. The molecule has 0 amide bonds. The summed E-state index contributed by atoms with van der Waals surface area (Å²) in [5.41, 5.74) is 0.538. The summed E-state index contributed by atoms with van der Waals surface area (Å²) in [6.45, 7) is 1.07. The number of hydrogen-bond acceptors (Lipinski definition) is 5. The minimum absolute atomic E-state index is 0.0365. The van der Waals surface area contributed by atoms with Crippen molar-refractivity contribution in [2.24, 2.45) is 0 Å². The Balaban J connectivity index is 1.44. The molecule has 5 heteroatoms. The maximum Gasteiger partial charge on any atom is 0.338 e. The van der Waals surface area contributed by atoms with Gasteiger partial charge in [0.1, 0.15) is 19.3 Å². The van der Waals surface area contributed by atoms with Crippen molar-refractivity contribution in [3.63, 3.8) is 0 Å². The summed E-state index contributed by atoms with van der Waals surface area (Å²) in [5.74, 6) is 1.07. The van der Waals surface area contributed by atoms with E-state index in [0.29, 0.717) is 42.4 Å². The minimum Gasteiger partial charge on any atom is -0.486 e. The molecule has 3 aliphatic rings. The predicted molar refractivity (Wildman–Crippen MR) is 80.4 cm³/mol. The summed E-state index contributed by atoms with van der Waals surface area (Å²) in [6, 6.07) is 6.39. The molecule has 0 saturated carbocycles. The third-order valence-electron chi connectivity index (χ3n) is 5.11. The average molecular weight is 303 g/mol. The number of esters is 1. The van der Waals surface area contributed by atoms with Crippen molar-refractivity contribution in [2.75, 3.05) is 20.3 Å². The summed E-state index contributed by atoms with van der Waals surface area (Å²) < 4.78 is 16.7. The van der Waals surface area contributed by atoms with Gasteiger partial charge in [0.2, 0.25) is 0 Å². The van der Waals surface area contributed by atoms with Gasteiger partial charge in [0.15, 0.2) is 11.5 Å². The molecule has 0 radical (unpaired) electrons. The van der Waals surface area contributed by atoms with Crippen LogP contribution < -0.4 is 9.47 Å². The van der Waals surface area contributed by atoms with E-state index in [-0.39, 0.29) is 12.1 Å². The third kappa shape index (κ3) is 2.43. The smallest absolute Gasteiger partial charge is 0.338 e. The largest absolute Gasteiger partial charge is 0.486 e. The summed E-state index contributed by atoms with van der Waals surface area (Å²) in [5, 5.41) is 0. The van der Waals surface area contributed by atoms with Gasteiger partial charge in [-0.05, 0) is 38.1 Å². The maximum absolute atomic E-state index is 12.4. The van der Waals surface area contributed by atoms with Crippen LogP contribution >= 0.6 is 0 Å². The fourth-order valence-corrected chi connectivity index (χ4v) is 3.85. The van der Waals surface area contributed by atoms with Crippen LogP contribution in [-0.4, -0.2) is 49.3 Å². The van der Waals surface area contributed by atoms with Gasteiger partial charge in [-0.15, -0.1) is 0 Å². The van der Waals surface area contributed by atoms with Gasteiger partial charge in [-0.3, -0.25) is 0 Å². The Morgan fingerprint density at radius 1 is 1.14 bits per heavy atom. The fraction of sp³-hybridized carbons (Fsp3) is 0.588. The van der Waals surface area contributed by atoms with Crippen molar-refractivity contribution in [2.45, 2.75) is 43.9 Å². The average Bonchev–Trinajstić information content (AvgIpc) is 2.75. The van der Waals surface area contributed by atoms with Crippen LogP contribution in [0.15, 0.2) is 18.2 Å². The normalized spacial score (nSPS) is 30.1. The Labute approximate surface area is 130 Å². The molecule has 3 heterocycles. The van der Waals surface area contributed by atoms with Gasteiger partial charge >= 0.3 is 5.97 Å². The Hall–Kier alpha value is -1.75. The molecule has 1 aromatic rings. The first-order valence-corrected chi connectivity index (χ1v) is 8.03. The lowest BCUT2D eigenvalue weighted by molar-refractivity contribution is -0.000505. The van der Waals surface area contributed by atoms with Crippen molar-refractivity contribution in [1.29, 1.82) is 0 Å². The second kappa shape index (κ2) is 5.47. The second-order valence-electron chi connectivity index (χ2n) is 6.41. The minimum atomic E-state index is -0.258. The molecule has 2 saturated heterocycles. The molecule has 0 spiro atoms. The summed E-state index contributed by atoms with van der Waals surface area (Å²) in [4.78, 5) is 14.8. The topological polar surface area (TPSA) is 48.0 Å². The highest BCUT2D eigenvalue weighted by Crippen LogP contribution is 2.36. The summed E-state index contributed by atoms with van der Waals surface area (Å²) in [6.07, 6.45) is 4.37. The molecule has 118 valence electrons. The number of fused-ring (bicyclic) bond motifs is 3. The highest BCUT2D eigenvalue weighted by Gasteiger charge is 2.39. The van der Waals surface area contributed by atoms with E-state index in [2.05, 4.69) is 11.9 Å². The Morgan fingerprint density at radius 2 is 1.82 bits per heavy atom. The van der Waals surface area contributed by atoms with Gasteiger partial charge in [-0.1, -0.05) is 0 Å². The number of piperidine rings is 1. The molecule has 2 fully saturated rings. The predicted octanol–water partition coefficient (Wildman–Crippen LogP) is 2.24. The zero-order valence-corrected chi connectivity index (χ0v) is 12.8. The standard InChI is InChI=1S/C17H21NO4/c1-18-12-3-4-13(18)10-14(9-12)22-17(19)11-2-5-15-16(8-11)21-7-6-20-15/h2,5,8,12-14H,3-4,6-7,9-10H2,1H3/t12-,13+,14?.